The Kier molecular flexibility index (Phi) is 7.54. The quantitative estimate of drug-likeness (QED) is 0.471. The van der Waals surface area contributed by atoms with E-state index in [1.807, 2.05) is 0 Å². The summed E-state index contributed by atoms with van der Waals surface area (Å²) in [6, 6.07) is 9.45. The highest BCUT2D eigenvalue weighted by Crippen LogP contribution is 2.28. The van der Waals surface area contributed by atoms with Crippen LogP contribution >= 0.6 is 11.6 Å². The summed E-state index contributed by atoms with van der Waals surface area (Å²) in [6.07, 6.45) is 0. The highest BCUT2D eigenvalue weighted by Gasteiger charge is 2.26. The number of carbonyl (C=O) groups excluding carboxylic acids is 1. The van der Waals surface area contributed by atoms with Crippen molar-refractivity contribution in [3.05, 3.63) is 57.6 Å². The van der Waals surface area contributed by atoms with Crippen molar-refractivity contribution in [3.63, 3.8) is 0 Å². The summed E-state index contributed by atoms with van der Waals surface area (Å²) < 4.78 is 32.0. The summed E-state index contributed by atoms with van der Waals surface area (Å²) in [4.78, 5) is 22.5. The van der Waals surface area contributed by atoms with E-state index in [1.54, 1.807) is 13.8 Å². The number of hydrogen-bond donors (Lipinski definition) is 1. The van der Waals surface area contributed by atoms with Gasteiger partial charge >= 0.3 is 0 Å². The second kappa shape index (κ2) is 9.68. The summed E-state index contributed by atoms with van der Waals surface area (Å²) >= 11 is 6.07. The minimum atomic E-state index is -3.99. The Hall–Kier alpha value is -2.69. The predicted molar refractivity (Wildman–Crippen MR) is 109 cm³/mol. The molecular weight excluding hydrogens is 422 g/mol. The van der Waals surface area contributed by atoms with Gasteiger partial charge in [-0.25, -0.2) is 8.42 Å². The molecule has 11 heteroatoms. The van der Waals surface area contributed by atoms with Crippen molar-refractivity contribution < 1.29 is 22.9 Å². The Morgan fingerprint density at radius 3 is 2.55 bits per heavy atom. The van der Waals surface area contributed by atoms with Crippen LogP contribution < -0.4 is 10.1 Å². The van der Waals surface area contributed by atoms with Gasteiger partial charge in [0.15, 0.2) is 0 Å². The van der Waals surface area contributed by atoms with Gasteiger partial charge in [0.05, 0.1) is 28.0 Å². The standard InChI is InChI=1S/C18H20ClN3O6S/c1-3-21(12-18(23)20-13-6-5-7-14(10-13)22(24)25)29(26,27)15-8-9-17(28-4-2)16(19)11-15/h5-11H,3-4,12H2,1-2H3,(H,20,23). The Morgan fingerprint density at radius 2 is 1.97 bits per heavy atom. The number of benzene rings is 2. The Bertz CT molecular complexity index is 1010. The van der Waals surface area contributed by atoms with Crippen molar-refractivity contribution in [1.29, 1.82) is 0 Å². The normalized spacial score (nSPS) is 11.3. The SMILES string of the molecule is CCOc1ccc(S(=O)(=O)N(CC)CC(=O)Nc2cccc([N+](=O)[O-])c2)cc1Cl. The number of sulfonamides is 1. The largest absolute Gasteiger partial charge is 0.492 e. The number of nitro benzene ring substituents is 1. The van der Waals surface area contributed by atoms with Crippen LogP contribution in [0.3, 0.4) is 0 Å². The first-order valence-electron chi connectivity index (χ1n) is 8.65. The summed E-state index contributed by atoms with van der Waals surface area (Å²) in [7, 11) is -3.99. The van der Waals surface area contributed by atoms with Crippen molar-refractivity contribution in [2.24, 2.45) is 0 Å². The Morgan fingerprint density at radius 1 is 1.24 bits per heavy atom. The van der Waals surface area contributed by atoms with Crippen LogP contribution in [0.15, 0.2) is 47.4 Å². The zero-order valence-electron chi connectivity index (χ0n) is 15.8. The van der Waals surface area contributed by atoms with Crippen molar-refractivity contribution in [2.75, 3.05) is 25.0 Å². The second-order valence-corrected chi connectivity index (χ2v) is 8.16. The van der Waals surface area contributed by atoms with Gasteiger partial charge in [-0.15, -0.1) is 0 Å². The number of rotatable bonds is 9. The van der Waals surface area contributed by atoms with Crippen LogP contribution in [0.2, 0.25) is 5.02 Å². The van der Waals surface area contributed by atoms with E-state index >= 15 is 0 Å². The molecule has 0 aliphatic rings. The number of nitro groups is 1. The van der Waals surface area contributed by atoms with Crippen molar-refractivity contribution in [1.82, 2.24) is 4.31 Å². The zero-order chi connectivity index (χ0) is 21.6. The Balaban J connectivity index is 2.17. The van der Waals surface area contributed by atoms with Gasteiger partial charge in [0.2, 0.25) is 15.9 Å². The minimum Gasteiger partial charge on any atom is -0.492 e. The Labute approximate surface area is 173 Å². The molecule has 0 saturated carbocycles. The fourth-order valence-corrected chi connectivity index (χ4v) is 4.22. The molecule has 0 aliphatic heterocycles. The van der Waals surface area contributed by atoms with E-state index in [-0.39, 0.29) is 27.8 Å². The van der Waals surface area contributed by atoms with E-state index in [2.05, 4.69) is 5.32 Å². The van der Waals surface area contributed by atoms with Gasteiger partial charge in [-0.05, 0) is 31.2 Å². The summed E-state index contributed by atoms with van der Waals surface area (Å²) in [5.41, 5.74) is 0.00793. The molecule has 0 heterocycles. The average Bonchev–Trinajstić information content (AvgIpc) is 2.67. The van der Waals surface area contributed by atoms with Crippen LogP contribution in [0, 0.1) is 10.1 Å². The maximum Gasteiger partial charge on any atom is 0.271 e. The van der Waals surface area contributed by atoms with Crippen LogP contribution in [0.1, 0.15) is 13.8 Å². The number of hydrogen-bond acceptors (Lipinski definition) is 6. The van der Waals surface area contributed by atoms with Gasteiger partial charge in [0, 0.05) is 24.4 Å². The number of carbonyl (C=O) groups is 1. The number of nitrogens with zero attached hydrogens (tertiary/aromatic N) is 2. The molecule has 1 amide bonds. The first kappa shape index (κ1) is 22.6. The van der Waals surface area contributed by atoms with Crippen LogP contribution in [0.4, 0.5) is 11.4 Å². The van der Waals surface area contributed by atoms with E-state index in [0.29, 0.717) is 12.4 Å². The first-order chi connectivity index (χ1) is 13.7. The molecule has 0 spiro atoms. The van der Waals surface area contributed by atoms with Crippen LogP contribution in [-0.4, -0.2) is 43.2 Å². The summed E-state index contributed by atoms with van der Waals surface area (Å²) in [6.45, 7) is 3.32. The predicted octanol–water partition coefficient (Wildman–Crippen LogP) is 3.30. The van der Waals surface area contributed by atoms with Crippen LogP contribution in [0.5, 0.6) is 5.75 Å². The average molecular weight is 442 g/mol. The highest BCUT2D eigenvalue weighted by molar-refractivity contribution is 7.89. The lowest BCUT2D eigenvalue weighted by Crippen LogP contribution is -2.37. The second-order valence-electron chi connectivity index (χ2n) is 5.81. The molecule has 0 aromatic heterocycles. The number of anilines is 1. The van der Waals surface area contributed by atoms with Crippen molar-refractivity contribution in [2.45, 2.75) is 18.7 Å². The third kappa shape index (κ3) is 5.66. The smallest absolute Gasteiger partial charge is 0.271 e. The molecule has 0 fully saturated rings. The molecule has 0 atom stereocenters. The maximum absolute atomic E-state index is 12.9. The van der Waals surface area contributed by atoms with Crippen molar-refractivity contribution in [3.8, 4) is 5.75 Å². The summed E-state index contributed by atoms with van der Waals surface area (Å²) in [5.74, 6) is -0.271. The monoisotopic (exact) mass is 441 g/mol. The number of halogens is 1. The number of non-ortho nitro benzene ring substituents is 1. The number of ether oxygens (including phenoxy) is 1. The van der Waals surface area contributed by atoms with E-state index in [0.717, 1.165) is 4.31 Å². The van der Waals surface area contributed by atoms with Gasteiger partial charge in [-0.3, -0.25) is 14.9 Å². The lowest BCUT2D eigenvalue weighted by Gasteiger charge is -2.20. The fraction of sp³-hybridized carbons (Fsp3) is 0.278. The zero-order valence-corrected chi connectivity index (χ0v) is 17.4. The van der Waals surface area contributed by atoms with Gasteiger partial charge in [0.25, 0.3) is 5.69 Å². The molecule has 29 heavy (non-hydrogen) atoms. The van der Waals surface area contributed by atoms with E-state index in [9.17, 15) is 23.3 Å². The van der Waals surface area contributed by atoms with Crippen molar-refractivity contribution >= 4 is 38.9 Å². The topological polar surface area (TPSA) is 119 Å². The third-order valence-corrected chi connectivity index (χ3v) is 6.07. The van der Waals surface area contributed by atoms with E-state index in [1.165, 1.54) is 42.5 Å². The minimum absolute atomic E-state index is 0.0372. The first-order valence-corrected chi connectivity index (χ1v) is 10.5. The lowest BCUT2D eigenvalue weighted by atomic mass is 10.3. The van der Waals surface area contributed by atoms with Crippen LogP contribution in [-0.2, 0) is 14.8 Å². The number of nitrogens with one attached hydrogen (secondary N) is 1. The molecule has 0 bridgehead atoms. The van der Waals surface area contributed by atoms with E-state index in [4.69, 9.17) is 16.3 Å². The lowest BCUT2D eigenvalue weighted by molar-refractivity contribution is -0.384. The molecule has 0 saturated heterocycles. The highest BCUT2D eigenvalue weighted by atomic mass is 35.5. The molecule has 2 rings (SSSR count). The fourth-order valence-electron chi connectivity index (χ4n) is 2.49. The molecule has 1 N–H and O–H groups in total. The number of likely N-dealkylation sites (N-methyl/N-ethyl adjacent to an activating group) is 1. The summed E-state index contributed by atoms with van der Waals surface area (Å²) in [5, 5.41) is 13.4. The molecule has 0 unspecified atom stereocenters. The van der Waals surface area contributed by atoms with E-state index < -0.39 is 27.4 Å². The molecule has 0 radical (unpaired) electrons. The molecule has 156 valence electrons. The molecular formula is C18H20ClN3O6S. The van der Waals surface area contributed by atoms with Gasteiger partial charge in [-0.1, -0.05) is 24.6 Å². The molecule has 0 aliphatic carbocycles. The maximum atomic E-state index is 12.9. The molecule has 2 aromatic carbocycles. The molecule has 9 nitrogen and oxygen atoms in total. The molecule has 2 aromatic rings. The van der Waals surface area contributed by atoms with Gasteiger partial charge in [-0.2, -0.15) is 4.31 Å². The number of amides is 1. The van der Waals surface area contributed by atoms with Gasteiger partial charge < -0.3 is 10.1 Å². The van der Waals surface area contributed by atoms with Gasteiger partial charge in [0.1, 0.15) is 5.75 Å². The van der Waals surface area contributed by atoms with Crippen LogP contribution in [0.25, 0.3) is 0 Å². The third-order valence-electron chi connectivity index (χ3n) is 3.85.